The zero-order chi connectivity index (χ0) is 7.40. The second-order valence-electron chi connectivity index (χ2n) is 3.12. The van der Waals surface area contributed by atoms with Crippen LogP contribution in [0.5, 0.6) is 0 Å². The van der Waals surface area contributed by atoms with Gasteiger partial charge >= 0.3 is 0 Å². The largest absolute Gasteiger partial charge is 0.364 e. The molecule has 0 aromatic carbocycles. The van der Waals surface area contributed by atoms with E-state index in [1.54, 1.807) is 0 Å². The fourth-order valence-corrected chi connectivity index (χ4v) is 1.55. The lowest BCUT2D eigenvalue weighted by atomic mass is 9.97. The molecule has 0 bridgehead atoms. The maximum absolute atomic E-state index is 4.97. The Labute approximate surface area is 65.0 Å². The summed E-state index contributed by atoms with van der Waals surface area (Å²) in [6.07, 6.45) is 2.60. The van der Waals surface area contributed by atoms with E-state index in [-0.39, 0.29) is 0 Å². The first-order valence-electron chi connectivity index (χ1n) is 3.88. The summed E-state index contributed by atoms with van der Waals surface area (Å²) >= 11 is 0. The van der Waals surface area contributed by atoms with Crippen LogP contribution in [0, 0.1) is 5.92 Å². The van der Waals surface area contributed by atoms with Crippen molar-refractivity contribution in [2.24, 2.45) is 5.92 Å². The summed E-state index contributed by atoms with van der Waals surface area (Å²) in [5.74, 6) is 0.848. The maximum Gasteiger partial charge on any atom is 0.0655 e. The zero-order valence-corrected chi connectivity index (χ0v) is 7.62. The highest BCUT2D eigenvalue weighted by molar-refractivity contribution is 7.09. The van der Waals surface area contributed by atoms with Gasteiger partial charge in [0.1, 0.15) is 0 Å². The van der Waals surface area contributed by atoms with Crippen molar-refractivity contribution in [2.75, 3.05) is 13.2 Å². The van der Waals surface area contributed by atoms with Gasteiger partial charge < -0.3 is 9.84 Å². The van der Waals surface area contributed by atoms with Crippen LogP contribution in [0.4, 0.5) is 0 Å². The summed E-state index contributed by atoms with van der Waals surface area (Å²) in [6.45, 7) is 4.26. The molecule has 1 aliphatic rings. The first-order chi connectivity index (χ1) is 4.83. The third-order valence-corrected chi connectivity index (χ3v) is 2.25. The van der Waals surface area contributed by atoms with Gasteiger partial charge in [0, 0.05) is 15.5 Å². The van der Waals surface area contributed by atoms with Gasteiger partial charge in [-0.15, -0.1) is 0 Å². The molecule has 2 nitrogen and oxygen atoms in total. The van der Waals surface area contributed by atoms with Crippen LogP contribution < -0.4 is 5.32 Å². The second kappa shape index (κ2) is 4.27. The summed E-state index contributed by atoms with van der Waals surface area (Å²) in [4.78, 5) is 0. The van der Waals surface area contributed by atoms with Crippen molar-refractivity contribution in [3.63, 3.8) is 0 Å². The third-order valence-electron chi connectivity index (χ3n) is 2.06. The van der Waals surface area contributed by atoms with E-state index in [4.69, 9.17) is 4.52 Å². The fraction of sp³-hybridized carbons (Fsp3) is 1.00. The summed E-state index contributed by atoms with van der Waals surface area (Å²) in [6, 6.07) is 0.591. The van der Waals surface area contributed by atoms with Crippen LogP contribution >= 0.6 is 9.47 Å². The summed E-state index contributed by atoms with van der Waals surface area (Å²) < 4.78 is 4.97. The van der Waals surface area contributed by atoms with Gasteiger partial charge in [-0.1, -0.05) is 6.92 Å². The van der Waals surface area contributed by atoms with Crippen LogP contribution in [0.3, 0.4) is 0 Å². The van der Waals surface area contributed by atoms with Crippen molar-refractivity contribution in [3.8, 4) is 0 Å². The molecule has 2 unspecified atom stereocenters. The first kappa shape index (κ1) is 8.45. The number of hydrogen-bond acceptors (Lipinski definition) is 2. The van der Waals surface area contributed by atoms with E-state index in [0.29, 0.717) is 6.04 Å². The minimum atomic E-state index is 0.591. The van der Waals surface area contributed by atoms with Crippen molar-refractivity contribution in [2.45, 2.75) is 25.8 Å². The topological polar surface area (TPSA) is 21.3 Å². The molecular formula is C7H16NOP. The van der Waals surface area contributed by atoms with Crippen LogP contribution in [-0.2, 0) is 4.52 Å². The third kappa shape index (κ3) is 2.53. The quantitative estimate of drug-likeness (QED) is 0.614. The Morgan fingerprint density at radius 2 is 2.40 bits per heavy atom. The molecule has 0 amide bonds. The maximum atomic E-state index is 4.97. The standard InChI is InChI=1S/C7H16NOP/c1-6-2-3-7(5-9-10)8-4-6/h6-8H,2-5,10H2,1H3/t6?,7-/m0/s1. The molecule has 10 heavy (non-hydrogen) atoms. The molecule has 0 saturated carbocycles. The molecule has 0 spiro atoms. The van der Waals surface area contributed by atoms with E-state index >= 15 is 0 Å². The van der Waals surface area contributed by atoms with Crippen molar-refractivity contribution < 1.29 is 4.52 Å². The lowest BCUT2D eigenvalue weighted by Gasteiger charge is -2.26. The molecule has 1 heterocycles. The molecule has 0 radical (unpaired) electrons. The Kier molecular flexibility index (Phi) is 3.61. The molecule has 1 aliphatic heterocycles. The van der Waals surface area contributed by atoms with Gasteiger partial charge in [0.25, 0.3) is 0 Å². The van der Waals surface area contributed by atoms with Crippen LogP contribution in [0.25, 0.3) is 0 Å². The van der Waals surface area contributed by atoms with E-state index in [9.17, 15) is 0 Å². The van der Waals surface area contributed by atoms with Gasteiger partial charge in [-0.05, 0) is 25.3 Å². The first-order valence-corrected chi connectivity index (χ1v) is 4.35. The molecular weight excluding hydrogens is 145 g/mol. The van der Waals surface area contributed by atoms with Gasteiger partial charge in [-0.2, -0.15) is 0 Å². The monoisotopic (exact) mass is 161 g/mol. The van der Waals surface area contributed by atoms with E-state index < -0.39 is 0 Å². The van der Waals surface area contributed by atoms with E-state index in [0.717, 1.165) is 19.1 Å². The predicted octanol–water partition coefficient (Wildman–Crippen LogP) is 1.18. The van der Waals surface area contributed by atoms with Crippen LogP contribution in [0.15, 0.2) is 0 Å². The molecule has 60 valence electrons. The Morgan fingerprint density at radius 1 is 1.60 bits per heavy atom. The highest BCUT2D eigenvalue weighted by Crippen LogP contribution is 2.13. The molecule has 0 aliphatic carbocycles. The highest BCUT2D eigenvalue weighted by atomic mass is 31.0. The van der Waals surface area contributed by atoms with E-state index in [1.807, 2.05) is 0 Å². The van der Waals surface area contributed by atoms with Crippen LogP contribution in [0.1, 0.15) is 19.8 Å². The molecule has 0 aromatic rings. The number of rotatable bonds is 2. The normalized spacial score (nSPS) is 34.2. The Bertz CT molecular complexity index is 91.6. The lowest BCUT2D eigenvalue weighted by molar-refractivity contribution is 0.241. The second-order valence-corrected chi connectivity index (χ2v) is 3.45. The van der Waals surface area contributed by atoms with Crippen molar-refractivity contribution in [1.29, 1.82) is 0 Å². The smallest absolute Gasteiger partial charge is 0.0655 e. The minimum absolute atomic E-state index is 0.591. The Morgan fingerprint density at radius 3 is 2.90 bits per heavy atom. The molecule has 1 saturated heterocycles. The Hall–Kier alpha value is 0.350. The van der Waals surface area contributed by atoms with Gasteiger partial charge in [0.05, 0.1) is 6.61 Å². The zero-order valence-electron chi connectivity index (χ0n) is 6.47. The van der Waals surface area contributed by atoms with Crippen LogP contribution in [0.2, 0.25) is 0 Å². The SMILES string of the molecule is CC1CC[C@@H](COP)NC1. The molecule has 0 aromatic heterocycles. The van der Waals surface area contributed by atoms with Gasteiger partial charge in [-0.3, -0.25) is 0 Å². The number of hydrogen-bond donors (Lipinski definition) is 1. The molecule has 1 N–H and O–H groups in total. The Balaban J connectivity index is 2.13. The minimum Gasteiger partial charge on any atom is -0.364 e. The van der Waals surface area contributed by atoms with Crippen molar-refractivity contribution >= 4 is 9.47 Å². The summed E-state index contributed by atoms with van der Waals surface area (Å²) in [5.41, 5.74) is 0. The van der Waals surface area contributed by atoms with Gasteiger partial charge in [0.15, 0.2) is 0 Å². The average Bonchev–Trinajstić information content (AvgIpc) is 1.95. The van der Waals surface area contributed by atoms with Crippen LogP contribution in [-0.4, -0.2) is 19.2 Å². The fourth-order valence-electron chi connectivity index (χ4n) is 1.32. The summed E-state index contributed by atoms with van der Waals surface area (Å²) in [5, 5.41) is 3.43. The average molecular weight is 161 g/mol. The lowest BCUT2D eigenvalue weighted by Crippen LogP contribution is -2.40. The molecule has 3 atom stereocenters. The van der Waals surface area contributed by atoms with E-state index in [1.165, 1.54) is 12.8 Å². The van der Waals surface area contributed by atoms with Crippen molar-refractivity contribution in [3.05, 3.63) is 0 Å². The predicted molar refractivity (Wildman–Crippen MR) is 45.9 cm³/mol. The van der Waals surface area contributed by atoms with Gasteiger partial charge in [-0.25, -0.2) is 0 Å². The highest BCUT2D eigenvalue weighted by Gasteiger charge is 2.16. The van der Waals surface area contributed by atoms with Gasteiger partial charge in [0.2, 0.25) is 0 Å². The molecule has 3 heteroatoms. The molecule has 1 fully saturated rings. The number of piperidine rings is 1. The van der Waals surface area contributed by atoms with E-state index in [2.05, 4.69) is 21.7 Å². The summed E-state index contributed by atoms with van der Waals surface area (Å²) in [7, 11) is 2.30. The molecule has 1 rings (SSSR count). The van der Waals surface area contributed by atoms with Crippen molar-refractivity contribution in [1.82, 2.24) is 5.32 Å². The number of nitrogens with one attached hydrogen (secondary N) is 1.